The maximum Gasteiger partial charge on any atom is 0.217 e. The fraction of sp³-hybridized carbons (Fsp3) is 1.00. The van der Waals surface area contributed by atoms with Gasteiger partial charge in [0, 0.05) is 13.1 Å². The highest BCUT2D eigenvalue weighted by molar-refractivity contribution is 7.92. The second kappa shape index (κ2) is 5.55. The molecule has 2 aliphatic rings. The van der Waals surface area contributed by atoms with Gasteiger partial charge in [-0.25, -0.2) is 21.1 Å². The van der Waals surface area contributed by atoms with Gasteiger partial charge in [-0.3, -0.25) is 0 Å². The molecule has 0 aromatic heterocycles. The van der Waals surface area contributed by atoms with Crippen LogP contribution in [0.5, 0.6) is 0 Å². The van der Waals surface area contributed by atoms with E-state index in [9.17, 15) is 16.8 Å². The normalized spacial score (nSPS) is 28.3. The van der Waals surface area contributed by atoms with Crippen molar-refractivity contribution < 1.29 is 16.8 Å². The highest BCUT2D eigenvalue weighted by Crippen LogP contribution is 2.32. The van der Waals surface area contributed by atoms with Gasteiger partial charge in [-0.1, -0.05) is 6.92 Å². The average molecular weight is 324 g/mol. The smallest absolute Gasteiger partial charge is 0.217 e. The van der Waals surface area contributed by atoms with E-state index in [4.69, 9.17) is 5.73 Å². The Bertz CT molecular complexity index is 534. The molecule has 2 N–H and O–H groups in total. The van der Waals surface area contributed by atoms with Crippen LogP contribution in [-0.4, -0.2) is 57.5 Å². The summed E-state index contributed by atoms with van der Waals surface area (Å²) in [5.41, 5.74) is 5.76. The van der Waals surface area contributed by atoms with E-state index in [1.165, 1.54) is 4.31 Å². The first-order valence-corrected chi connectivity index (χ1v) is 10.4. The zero-order valence-electron chi connectivity index (χ0n) is 11.9. The van der Waals surface area contributed by atoms with Crippen LogP contribution >= 0.6 is 0 Å². The Labute approximate surface area is 121 Å². The zero-order valence-corrected chi connectivity index (χ0v) is 13.5. The van der Waals surface area contributed by atoms with Crippen molar-refractivity contribution in [2.24, 2.45) is 11.1 Å². The molecular weight excluding hydrogens is 300 g/mol. The van der Waals surface area contributed by atoms with Crippen LogP contribution in [0.4, 0.5) is 0 Å². The second-order valence-corrected chi connectivity index (χ2v) is 10.8. The summed E-state index contributed by atoms with van der Waals surface area (Å²) in [5, 5.41) is -0.534. The largest absolute Gasteiger partial charge is 0.330 e. The lowest BCUT2D eigenvalue weighted by molar-refractivity contribution is 0.181. The van der Waals surface area contributed by atoms with Crippen molar-refractivity contribution in [2.45, 2.75) is 37.9 Å². The summed E-state index contributed by atoms with van der Waals surface area (Å²) in [6.45, 7) is 3.66. The van der Waals surface area contributed by atoms with Crippen LogP contribution in [0.2, 0.25) is 0 Å². The second-order valence-electron chi connectivity index (χ2n) is 6.31. The minimum atomic E-state index is -3.37. The van der Waals surface area contributed by atoms with Crippen LogP contribution in [0.1, 0.15) is 32.6 Å². The molecule has 0 spiro atoms. The molecule has 0 aromatic carbocycles. The number of hydrogen-bond donors (Lipinski definition) is 1. The van der Waals surface area contributed by atoms with Gasteiger partial charge in [0.1, 0.15) is 9.84 Å². The minimum absolute atomic E-state index is 0.00868. The molecule has 2 fully saturated rings. The summed E-state index contributed by atoms with van der Waals surface area (Å²) in [5.74, 6) is -0.0174. The maximum absolute atomic E-state index is 12.6. The summed E-state index contributed by atoms with van der Waals surface area (Å²) < 4.78 is 49.4. The molecule has 118 valence electrons. The quantitative estimate of drug-likeness (QED) is 0.785. The molecule has 2 saturated heterocycles. The highest BCUT2D eigenvalue weighted by atomic mass is 32.2. The molecule has 6 nitrogen and oxygen atoms in total. The van der Waals surface area contributed by atoms with Gasteiger partial charge in [-0.05, 0) is 37.6 Å². The monoisotopic (exact) mass is 324 g/mol. The predicted molar refractivity (Wildman–Crippen MR) is 78.6 cm³/mol. The van der Waals surface area contributed by atoms with E-state index < -0.39 is 25.1 Å². The van der Waals surface area contributed by atoms with Crippen molar-refractivity contribution >= 4 is 19.9 Å². The van der Waals surface area contributed by atoms with Gasteiger partial charge in [0.05, 0.1) is 16.8 Å². The Hall–Kier alpha value is -0.180. The Balaban J connectivity index is 2.02. The van der Waals surface area contributed by atoms with Crippen molar-refractivity contribution in [3.63, 3.8) is 0 Å². The van der Waals surface area contributed by atoms with Gasteiger partial charge in [-0.2, -0.15) is 0 Å². The number of rotatable bonds is 3. The number of nitrogens with zero attached hydrogens (tertiary/aromatic N) is 1. The van der Waals surface area contributed by atoms with Crippen LogP contribution in [0.15, 0.2) is 0 Å². The summed E-state index contributed by atoms with van der Waals surface area (Å²) in [7, 11) is -6.39. The summed E-state index contributed by atoms with van der Waals surface area (Å²) in [6.07, 6.45) is 2.01. The van der Waals surface area contributed by atoms with E-state index in [0.29, 0.717) is 19.6 Å². The van der Waals surface area contributed by atoms with Crippen LogP contribution in [0, 0.1) is 5.41 Å². The summed E-state index contributed by atoms with van der Waals surface area (Å²) in [4.78, 5) is 0. The third-order valence-electron chi connectivity index (χ3n) is 4.71. The third-order valence-corrected chi connectivity index (χ3v) is 8.82. The molecule has 0 bridgehead atoms. The first-order chi connectivity index (χ1) is 9.19. The van der Waals surface area contributed by atoms with Crippen molar-refractivity contribution in [3.8, 4) is 0 Å². The van der Waals surface area contributed by atoms with Gasteiger partial charge in [0.15, 0.2) is 0 Å². The number of piperidine rings is 1. The number of hydrogen-bond acceptors (Lipinski definition) is 5. The number of nitrogens with two attached hydrogens (primary N) is 1. The summed E-state index contributed by atoms with van der Waals surface area (Å²) >= 11 is 0. The maximum atomic E-state index is 12.6. The molecule has 0 amide bonds. The lowest BCUT2D eigenvalue weighted by atomic mass is 9.81. The van der Waals surface area contributed by atoms with Gasteiger partial charge in [0.2, 0.25) is 10.0 Å². The SMILES string of the molecule is CC1(CN)CCN(S(=O)(=O)C2CCS(=O)(=O)CC2)CC1. The van der Waals surface area contributed by atoms with E-state index in [-0.39, 0.29) is 29.8 Å². The van der Waals surface area contributed by atoms with Crippen molar-refractivity contribution in [1.29, 1.82) is 0 Å². The lowest BCUT2D eigenvalue weighted by Gasteiger charge is -2.39. The van der Waals surface area contributed by atoms with Gasteiger partial charge in [-0.15, -0.1) is 0 Å². The van der Waals surface area contributed by atoms with E-state index >= 15 is 0 Å². The molecule has 0 aromatic rings. The third kappa shape index (κ3) is 3.35. The Kier molecular flexibility index (Phi) is 4.49. The molecule has 8 heteroatoms. The van der Waals surface area contributed by atoms with Crippen LogP contribution in [0.25, 0.3) is 0 Å². The van der Waals surface area contributed by atoms with E-state index in [2.05, 4.69) is 6.92 Å². The molecule has 0 saturated carbocycles. The first-order valence-electron chi connectivity index (χ1n) is 7.08. The molecule has 0 atom stereocenters. The van der Waals surface area contributed by atoms with Gasteiger partial charge in [0.25, 0.3) is 0 Å². The molecule has 2 aliphatic heterocycles. The molecule has 2 heterocycles. The fourth-order valence-electron chi connectivity index (χ4n) is 2.86. The highest BCUT2D eigenvalue weighted by Gasteiger charge is 2.40. The van der Waals surface area contributed by atoms with Gasteiger partial charge >= 0.3 is 0 Å². The van der Waals surface area contributed by atoms with Crippen molar-refractivity contribution in [2.75, 3.05) is 31.1 Å². The lowest BCUT2D eigenvalue weighted by Crippen LogP contribution is -2.49. The zero-order chi connectivity index (χ0) is 15.0. The van der Waals surface area contributed by atoms with Crippen LogP contribution < -0.4 is 5.73 Å². The molecule has 0 aliphatic carbocycles. The first kappa shape index (κ1) is 16.2. The van der Waals surface area contributed by atoms with Crippen LogP contribution in [0.3, 0.4) is 0 Å². The van der Waals surface area contributed by atoms with E-state index in [1.54, 1.807) is 0 Å². The van der Waals surface area contributed by atoms with E-state index in [1.807, 2.05) is 0 Å². The average Bonchev–Trinajstić information content (AvgIpc) is 2.39. The molecule has 20 heavy (non-hydrogen) atoms. The topological polar surface area (TPSA) is 97.5 Å². The Morgan fingerprint density at radius 1 is 1.20 bits per heavy atom. The Morgan fingerprint density at radius 2 is 1.70 bits per heavy atom. The number of sulfonamides is 1. The van der Waals surface area contributed by atoms with Crippen LogP contribution in [-0.2, 0) is 19.9 Å². The predicted octanol–water partition coefficient (Wildman–Crippen LogP) is -0.0458. The van der Waals surface area contributed by atoms with E-state index in [0.717, 1.165) is 12.8 Å². The standard InChI is InChI=1S/C12H24N2O4S2/c1-12(10-13)4-6-14(7-5-12)20(17,18)11-2-8-19(15,16)9-3-11/h11H,2-10,13H2,1H3. The van der Waals surface area contributed by atoms with Crippen molar-refractivity contribution in [3.05, 3.63) is 0 Å². The number of sulfone groups is 1. The fourth-order valence-corrected chi connectivity index (χ4v) is 6.60. The molecule has 0 radical (unpaired) electrons. The molecular formula is C12H24N2O4S2. The van der Waals surface area contributed by atoms with Gasteiger partial charge < -0.3 is 5.73 Å². The molecule has 0 unspecified atom stereocenters. The molecule has 2 rings (SSSR count). The van der Waals surface area contributed by atoms with Crippen molar-refractivity contribution in [1.82, 2.24) is 4.31 Å². The minimum Gasteiger partial charge on any atom is -0.330 e. The Morgan fingerprint density at radius 3 is 2.15 bits per heavy atom. The summed E-state index contributed by atoms with van der Waals surface area (Å²) in [6, 6.07) is 0.